The zero-order chi connectivity index (χ0) is 13.5. The van der Waals surface area contributed by atoms with Crippen LogP contribution in [0, 0.1) is 6.92 Å². The van der Waals surface area contributed by atoms with Gasteiger partial charge in [0.2, 0.25) is 0 Å². The van der Waals surface area contributed by atoms with Crippen LogP contribution in [0.4, 0.5) is 0 Å². The van der Waals surface area contributed by atoms with Gasteiger partial charge in [0.1, 0.15) is 6.29 Å². The molecule has 0 spiro atoms. The van der Waals surface area contributed by atoms with Crippen molar-refractivity contribution in [2.45, 2.75) is 19.8 Å². The molecular weight excluding hydrogens is 232 g/mol. The van der Waals surface area contributed by atoms with E-state index < -0.39 is 0 Å². The van der Waals surface area contributed by atoms with Crippen molar-refractivity contribution in [3.8, 4) is 0 Å². The molecule has 2 rings (SSSR count). The summed E-state index contributed by atoms with van der Waals surface area (Å²) in [5.74, 6) is 0. The van der Waals surface area contributed by atoms with Crippen molar-refractivity contribution in [1.82, 2.24) is 0 Å². The number of benzene rings is 2. The SMILES string of the molecule is Cc1ccccc1/C=C/c1cccc(CCC=O)c1. The summed E-state index contributed by atoms with van der Waals surface area (Å²) in [6.07, 6.45) is 6.62. The molecule has 0 aliphatic carbocycles. The van der Waals surface area contributed by atoms with Crippen LogP contribution in [-0.4, -0.2) is 6.29 Å². The van der Waals surface area contributed by atoms with Gasteiger partial charge in [0.05, 0.1) is 0 Å². The normalized spacial score (nSPS) is 10.8. The Balaban J connectivity index is 2.14. The van der Waals surface area contributed by atoms with Crippen molar-refractivity contribution < 1.29 is 4.79 Å². The fraction of sp³-hybridized carbons (Fsp3) is 0.167. The summed E-state index contributed by atoms with van der Waals surface area (Å²) in [6, 6.07) is 16.6. The van der Waals surface area contributed by atoms with Crippen LogP contribution in [0.1, 0.15) is 28.7 Å². The van der Waals surface area contributed by atoms with Gasteiger partial charge in [0.25, 0.3) is 0 Å². The van der Waals surface area contributed by atoms with Crippen molar-refractivity contribution in [1.29, 1.82) is 0 Å². The molecule has 0 aliphatic heterocycles. The number of rotatable bonds is 5. The molecule has 0 bridgehead atoms. The van der Waals surface area contributed by atoms with E-state index in [0.717, 1.165) is 12.7 Å². The minimum absolute atomic E-state index is 0.588. The van der Waals surface area contributed by atoms with Crippen molar-refractivity contribution in [2.24, 2.45) is 0 Å². The Labute approximate surface area is 114 Å². The van der Waals surface area contributed by atoms with E-state index in [1.54, 1.807) is 0 Å². The number of hydrogen-bond acceptors (Lipinski definition) is 1. The average molecular weight is 250 g/mol. The lowest BCUT2D eigenvalue weighted by Gasteiger charge is -2.01. The molecule has 2 aromatic rings. The molecule has 0 fully saturated rings. The molecule has 0 unspecified atom stereocenters. The molecule has 1 heteroatoms. The predicted octanol–water partition coefficient (Wildman–Crippen LogP) is 4.30. The van der Waals surface area contributed by atoms with E-state index in [9.17, 15) is 4.79 Å². The molecule has 0 saturated carbocycles. The second kappa shape index (κ2) is 6.69. The van der Waals surface area contributed by atoms with E-state index >= 15 is 0 Å². The quantitative estimate of drug-likeness (QED) is 0.571. The van der Waals surface area contributed by atoms with Gasteiger partial charge in [0.15, 0.2) is 0 Å². The Morgan fingerprint density at radius 1 is 1.00 bits per heavy atom. The smallest absolute Gasteiger partial charge is 0.120 e. The standard InChI is InChI=1S/C18H18O/c1-15-6-2-3-10-18(15)12-11-17-8-4-7-16(14-17)9-5-13-19/h2-4,6-8,10-14H,5,9H2,1H3/b12-11+. The highest BCUT2D eigenvalue weighted by Gasteiger charge is 1.95. The summed E-state index contributed by atoms with van der Waals surface area (Å²) >= 11 is 0. The van der Waals surface area contributed by atoms with Crippen LogP contribution < -0.4 is 0 Å². The lowest BCUT2D eigenvalue weighted by atomic mass is 10.0. The maximum atomic E-state index is 10.4. The third-order valence-electron chi connectivity index (χ3n) is 3.15. The Hall–Kier alpha value is -2.15. The van der Waals surface area contributed by atoms with Crippen molar-refractivity contribution in [2.75, 3.05) is 0 Å². The minimum Gasteiger partial charge on any atom is -0.303 e. The molecule has 0 amide bonds. The molecule has 0 heterocycles. The van der Waals surface area contributed by atoms with Gasteiger partial charge in [-0.3, -0.25) is 0 Å². The molecule has 0 aromatic heterocycles. The summed E-state index contributed by atoms with van der Waals surface area (Å²) in [5, 5.41) is 0. The fourth-order valence-electron chi connectivity index (χ4n) is 2.04. The molecular formula is C18H18O. The molecule has 19 heavy (non-hydrogen) atoms. The molecule has 0 radical (unpaired) electrons. The highest BCUT2D eigenvalue weighted by atomic mass is 16.1. The maximum absolute atomic E-state index is 10.4. The summed E-state index contributed by atoms with van der Waals surface area (Å²) in [6.45, 7) is 2.11. The van der Waals surface area contributed by atoms with Gasteiger partial charge >= 0.3 is 0 Å². The van der Waals surface area contributed by atoms with Gasteiger partial charge in [-0.15, -0.1) is 0 Å². The number of hydrogen-bond donors (Lipinski definition) is 0. The van der Waals surface area contributed by atoms with Gasteiger partial charge in [-0.25, -0.2) is 0 Å². The monoisotopic (exact) mass is 250 g/mol. The van der Waals surface area contributed by atoms with Crippen LogP contribution in [0.15, 0.2) is 48.5 Å². The third-order valence-corrected chi connectivity index (χ3v) is 3.15. The fourth-order valence-corrected chi connectivity index (χ4v) is 2.04. The number of carbonyl (C=O) groups excluding carboxylic acids is 1. The lowest BCUT2D eigenvalue weighted by molar-refractivity contribution is -0.107. The summed E-state index contributed by atoms with van der Waals surface area (Å²) in [7, 11) is 0. The molecule has 0 aliphatic rings. The van der Waals surface area contributed by atoms with Crippen LogP contribution in [-0.2, 0) is 11.2 Å². The number of carbonyl (C=O) groups is 1. The maximum Gasteiger partial charge on any atom is 0.120 e. The number of aldehydes is 1. The zero-order valence-corrected chi connectivity index (χ0v) is 11.2. The average Bonchev–Trinajstić information content (AvgIpc) is 2.45. The van der Waals surface area contributed by atoms with Crippen LogP contribution in [0.5, 0.6) is 0 Å². The lowest BCUT2D eigenvalue weighted by Crippen LogP contribution is -1.86. The van der Waals surface area contributed by atoms with Gasteiger partial charge in [-0.2, -0.15) is 0 Å². The summed E-state index contributed by atoms with van der Waals surface area (Å²) < 4.78 is 0. The van der Waals surface area contributed by atoms with E-state index in [-0.39, 0.29) is 0 Å². The Morgan fingerprint density at radius 2 is 1.84 bits per heavy atom. The van der Waals surface area contributed by atoms with Crippen LogP contribution >= 0.6 is 0 Å². The van der Waals surface area contributed by atoms with E-state index in [0.29, 0.717) is 6.42 Å². The van der Waals surface area contributed by atoms with Crippen LogP contribution in [0.25, 0.3) is 12.2 Å². The highest BCUT2D eigenvalue weighted by molar-refractivity contribution is 5.71. The van der Waals surface area contributed by atoms with E-state index in [4.69, 9.17) is 0 Å². The van der Waals surface area contributed by atoms with Crippen LogP contribution in [0.3, 0.4) is 0 Å². The first-order valence-corrected chi connectivity index (χ1v) is 6.56. The van der Waals surface area contributed by atoms with E-state index in [1.165, 1.54) is 22.3 Å². The van der Waals surface area contributed by atoms with Crippen LogP contribution in [0.2, 0.25) is 0 Å². The summed E-state index contributed by atoms with van der Waals surface area (Å²) in [5.41, 5.74) is 4.89. The van der Waals surface area contributed by atoms with Gasteiger partial charge in [0, 0.05) is 6.42 Å². The van der Waals surface area contributed by atoms with Gasteiger partial charge < -0.3 is 4.79 Å². The molecule has 0 atom stereocenters. The molecule has 96 valence electrons. The Bertz CT molecular complexity index is 582. The topological polar surface area (TPSA) is 17.1 Å². The minimum atomic E-state index is 0.588. The van der Waals surface area contributed by atoms with Crippen molar-refractivity contribution in [3.63, 3.8) is 0 Å². The second-order valence-electron chi connectivity index (χ2n) is 4.64. The van der Waals surface area contributed by atoms with Crippen molar-refractivity contribution >= 4 is 18.4 Å². The van der Waals surface area contributed by atoms with Gasteiger partial charge in [-0.05, 0) is 35.6 Å². The highest BCUT2D eigenvalue weighted by Crippen LogP contribution is 2.14. The molecule has 2 aromatic carbocycles. The Kier molecular flexibility index (Phi) is 4.68. The van der Waals surface area contributed by atoms with E-state index in [1.807, 2.05) is 18.2 Å². The first-order valence-electron chi connectivity index (χ1n) is 6.56. The van der Waals surface area contributed by atoms with E-state index in [2.05, 4.69) is 49.4 Å². The third kappa shape index (κ3) is 3.92. The first kappa shape index (κ1) is 13.3. The van der Waals surface area contributed by atoms with Gasteiger partial charge in [-0.1, -0.05) is 60.7 Å². The molecule has 1 nitrogen and oxygen atoms in total. The van der Waals surface area contributed by atoms with Crippen molar-refractivity contribution in [3.05, 3.63) is 70.8 Å². The molecule has 0 N–H and O–H groups in total. The Morgan fingerprint density at radius 3 is 2.63 bits per heavy atom. The number of aryl methyl sites for hydroxylation is 2. The second-order valence-corrected chi connectivity index (χ2v) is 4.64. The predicted molar refractivity (Wildman–Crippen MR) is 80.9 cm³/mol. The largest absolute Gasteiger partial charge is 0.303 e. The first-order chi connectivity index (χ1) is 9.29. The molecule has 0 saturated heterocycles. The zero-order valence-electron chi connectivity index (χ0n) is 11.2. The summed E-state index contributed by atoms with van der Waals surface area (Å²) in [4.78, 5) is 10.4.